The van der Waals surface area contributed by atoms with Crippen molar-refractivity contribution in [2.45, 2.75) is 55.9 Å². The van der Waals surface area contributed by atoms with E-state index < -0.39 is 10.0 Å². The summed E-state index contributed by atoms with van der Waals surface area (Å²) in [4.78, 5) is 11.3. The average molecular weight is 393 g/mol. The Kier molecular flexibility index (Phi) is 6.68. The van der Waals surface area contributed by atoms with Crippen LogP contribution in [0.15, 0.2) is 47.4 Å². The molecule has 0 saturated heterocycles. The number of rotatable bonds is 9. The minimum atomic E-state index is -3.49. The maximum atomic E-state index is 12.7. The zero-order valence-electron chi connectivity index (χ0n) is 15.4. The van der Waals surface area contributed by atoms with Gasteiger partial charge < -0.3 is 0 Å². The molecule has 6 nitrogen and oxygen atoms in total. The number of carbonyl (C=O) groups excluding carboxylic acids is 1. The van der Waals surface area contributed by atoms with Crippen molar-refractivity contribution in [2.75, 3.05) is 0 Å². The highest BCUT2D eigenvalue weighted by molar-refractivity contribution is 7.89. The summed E-state index contributed by atoms with van der Waals surface area (Å²) in [7, 11) is -3.49. The molecule has 4 atom stereocenters. The highest BCUT2D eigenvalue weighted by Crippen LogP contribution is 2.50. The zero-order chi connectivity index (χ0) is 19.3. The molecule has 1 aromatic carbocycles. The minimum absolute atomic E-state index is 0.00114. The van der Waals surface area contributed by atoms with E-state index in [9.17, 15) is 13.2 Å². The van der Waals surface area contributed by atoms with E-state index >= 15 is 0 Å². The topological polar surface area (TPSA) is 95.5 Å². The number of unbranched alkanes of at least 4 members (excludes halogenated alkanes) is 1. The number of sulfonamides is 1. The highest BCUT2D eigenvalue weighted by atomic mass is 32.2. The van der Waals surface area contributed by atoms with E-state index in [1.165, 1.54) is 6.42 Å². The van der Waals surface area contributed by atoms with Gasteiger partial charge in [0.05, 0.1) is 4.90 Å². The Morgan fingerprint density at radius 1 is 1.15 bits per heavy atom. The first-order chi connectivity index (χ1) is 13.0. The number of hydrogen-bond acceptors (Lipinski definition) is 4. The van der Waals surface area contributed by atoms with E-state index in [-0.39, 0.29) is 11.9 Å². The first-order valence-electron chi connectivity index (χ1n) is 9.66. The fourth-order valence-electron chi connectivity index (χ4n) is 4.59. The van der Waals surface area contributed by atoms with Gasteiger partial charge in [-0.1, -0.05) is 30.4 Å². The number of benzene rings is 1. The van der Waals surface area contributed by atoms with Crippen LogP contribution in [0.1, 0.15) is 44.9 Å². The van der Waals surface area contributed by atoms with Gasteiger partial charge in [0, 0.05) is 12.5 Å². The molecule has 3 N–H and O–H groups in total. The van der Waals surface area contributed by atoms with Gasteiger partial charge >= 0.3 is 0 Å². The molecule has 2 saturated carbocycles. The number of amides is 1. The van der Waals surface area contributed by atoms with Crippen LogP contribution in [-0.2, 0) is 14.8 Å². The van der Waals surface area contributed by atoms with Crippen molar-refractivity contribution in [3.8, 4) is 0 Å². The lowest BCUT2D eigenvalue weighted by Gasteiger charge is -2.31. The van der Waals surface area contributed by atoms with Crippen LogP contribution in [0.2, 0.25) is 0 Å². The zero-order valence-corrected chi connectivity index (χ0v) is 16.2. The monoisotopic (exact) mass is 392 g/mol. The van der Waals surface area contributed by atoms with Crippen LogP contribution in [0.25, 0.3) is 0 Å². The Hall–Kier alpha value is -1.70. The predicted molar refractivity (Wildman–Crippen MR) is 102 cm³/mol. The van der Waals surface area contributed by atoms with Crippen molar-refractivity contribution in [3.63, 3.8) is 0 Å². The fraction of sp³-hybridized carbons (Fsp3) is 0.550. The van der Waals surface area contributed by atoms with Crippen molar-refractivity contribution in [3.05, 3.63) is 42.5 Å². The molecule has 0 spiro atoms. The Morgan fingerprint density at radius 2 is 1.89 bits per heavy atom. The molecule has 2 fully saturated rings. The summed E-state index contributed by atoms with van der Waals surface area (Å²) >= 11 is 0. The molecule has 0 aromatic heterocycles. The quantitative estimate of drug-likeness (QED) is 0.261. The SMILES string of the molecule is O=C(CCCC=CC[C@H]1[C@@H]2CC[C@@H](C2)[C@@H]1NS(=O)(=O)c1ccccc1)NO. The van der Waals surface area contributed by atoms with Crippen molar-refractivity contribution in [1.29, 1.82) is 0 Å². The van der Waals surface area contributed by atoms with E-state index in [1.54, 1.807) is 29.7 Å². The molecule has 27 heavy (non-hydrogen) atoms. The number of allylic oxidation sites excluding steroid dienone is 2. The van der Waals surface area contributed by atoms with Gasteiger partial charge in [-0.2, -0.15) is 0 Å². The van der Waals surface area contributed by atoms with Crippen molar-refractivity contribution >= 4 is 15.9 Å². The van der Waals surface area contributed by atoms with Crippen molar-refractivity contribution < 1.29 is 18.4 Å². The number of nitrogens with one attached hydrogen (secondary N) is 2. The molecule has 1 amide bonds. The third-order valence-electron chi connectivity index (χ3n) is 5.91. The Labute approximate surface area is 161 Å². The molecule has 2 bridgehead atoms. The molecule has 148 valence electrons. The standard InChI is InChI=1S/C20H28N2O4S/c23-19(21-24)11-7-2-1-6-10-18-15-12-13-16(14-15)20(18)22-27(25,26)17-8-4-3-5-9-17/h1,3-6,8-9,15-16,18,20,22,24H,2,7,10-14H2,(H,21,23)/t15-,16+,18+,20+/m1/s1. The lowest BCUT2D eigenvalue weighted by Crippen LogP contribution is -2.43. The number of hydroxylamine groups is 1. The Balaban J connectivity index is 1.57. The molecule has 1 aromatic rings. The lowest BCUT2D eigenvalue weighted by atomic mass is 9.83. The maximum absolute atomic E-state index is 12.7. The summed E-state index contributed by atoms with van der Waals surface area (Å²) in [5, 5.41) is 8.47. The van der Waals surface area contributed by atoms with E-state index in [1.807, 2.05) is 6.07 Å². The van der Waals surface area contributed by atoms with Gasteiger partial charge in [-0.25, -0.2) is 18.6 Å². The molecule has 7 heteroatoms. The molecule has 2 aliphatic rings. The Morgan fingerprint density at radius 3 is 2.63 bits per heavy atom. The van der Waals surface area contributed by atoms with Crippen LogP contribution in [0.3, 0.4) is 0 Å². The summed E-state index contributed by atoms with van der Waals surface area (Å²) in [6.07, 6.45) is 10.2. The molecule has 0 aliphatic heterocycles. The van der Waals surface area contributed by atoms with E-state index in [0.717, 1.165) is 25.7 Å². The first-order valence-corrected chi connectivity index (χ1v) is 11.1. The second-order valence-electron chi connectivity index (χ2n) is 7.59. The van der Waals surface area contributed by atoms with Gasteiger partial charge in [0.2, 0.25) is 15.9 Å². The largest absolute Gasteiger partial charge is 0.289 e. The van der Waals surface area contributed by atoms with Crippen LogP contribution in [0, 0.1) is 17.8 Å². The second-order valence-corrected chi connectivity index (χ2v) is 9.31. The van der Waals surface area contributed by atoms with Gasteiger partial charge in [-0.3, -0.25) is 10.0 Å². The van der Waals surface area contributed by atoms with E-state index in [2.05, 4.69) is 16.9 Å². The van der Waals surface area contributed by atoms with Crippen LogP contribution >= 0.6 is 0 Å². The van der Waals surface area contributed by atoms with Crippen molar-refractivity contribution in [1.82, 2.24) is 10.2 Å². The van der Waals surface area contributed by atoms with Crippen LogP contribution in [0.5, 0.6) is 0 Å². The molecular formula is C20H28N2O4S. The molecule has 0 radical (unpaired) electrons. The number of carbonyl (C=O) groups is 1. The molecule has 3 rings (SSSR count). The smallest absolute Gasteiger partial charge is 0.243 e. The van der Waals surface area contributed by atoms with Gasteiger partial charge in [-0.05, 0) is 68.4 Å². The number of fused-ring (bicyclic) bond motifs is 2. The molecule has 0 heterocycles. The summed E-state index contributed by atoms with van der Waals surface area (Å²) in [5.74, 6) is 0.981. The lowest BCUT2D eigenvalue weighted by molar-refractivity contribution is -0.129. The second kappa shape index (κ2) is 8.99. The third-order valence-corrected chi connectivity index (χ3v) is 7.38. The molecular weight excluding hydrogens is 364 g/mol. The Bertz CT molecular complexity index is 763. The van der Waals surface area contributed by atoms with Crippen molar-refractivity contribution in [2.24, 2.45) is 17.8 Å². The van der Waals surface area contributed by atoms with Gasteiger partial charge in [-0.15, -0.1) is 0 Å². The minimum Gasteiger partial charge on any atom is -0.289 e. The molecule has 0 unspecified atom stereocenters. The van der Waals surface area contributed by atoms with E-state index in [0.29, 0.717) is 35.5 Å². The van der Waals surface area contributed by atoms with Gasteiger partial charge in [0.25, 0.3) is 0 Å². The fourth-order valence-corrected chi connectivity index (χ4v) is 5.96. The summed E-state index contributed by atoms with van der Waals surface area (Å²) in [6.45, 7) is 0. The average Bonchev–Trinajstić information content (AvgIpc) is 3.27. The normalized spacial score (nSPS) is 27.3. The van der Waals surface area contributed by atoms with E-state index in [4.69, 9.17) is 5.21 Å². The number of hydrogen-bond donors (Lipinski definition) is 3. The first kappa shape index (κ1) is 20.0. The predicted octanol–water partition coefficient (Wildman–Crippen LogP) is 3.00. The van der Waals surface area contributed by atoms with Crippen LogP contribution < -0.4 is 10.2 Å². The van der Waals surface area contributed by atoms with Gasteiger partial charge in [0.1, 0.15) is 0 Å². The maximum Gasteiger partial charge on any atom is 0.243 e. The van der Waals surface area contributed by atoms with Gasteiger partial charge in [0.15, 0.2) is 0 Å². The highest BCUT2D eigenvalue weighted by Gasteiger charge is 2.48. The van der Waals surface area contributed by atoms with Crippen LogP contribution in [-0.4, -0.2) is 25.6 Å². The summed E-state index contributed by atoms with van der Waals surface area (Å²) in [6, 6.07) is 8.56. The third kappa shape index (κ3) is 4.97. The van der Waals surface area contributed by atoms with Crippen LogP contribution in [0.4, 0.5) is 0 Å². The summed E-state index contributed by atoms with van der Waals surface area (Å²) in [5.41, 5.74) is 1.63. The molecule has 2 aliphatic carbocycles. The summed E-state index contributed by atoms with van der Waals surface area (Å²) < 4.78 is 28.4.